The number of benzene rings is 1. The number of anilines is 3. The van der Waals surface area contributed by atoms with Gasteiger partial charge in [-0.15, -0.1) is 0 Å². The highest BCUT2D eigenvalue weighted by Gasteiger charge is 2.03. The molecule has 3 aromatic heterocycles. The summed E-state index contributed by atoms with van der Waals surface area (Å²) in [5, 5.41) is 7.70. The normalized spacial score (nSPS) is 10.8. The lowest BCUT2D eigenvalue weighted by Gasteiger charge is -2.08. The van der Waals surface area contributed by atoms with Crippen LogP contribution >= 0.6 is 0 Å². The van der Waals surface area contributed by atoms with Crippen LogP contribution in [0.1, 0.15) is 5.69 Å². The molecule has 6 heteroatoms. The second-order valence-corrected chi connectivity index (χ2v) is 5.77. The van der Waals surface area contributed by atoms with Gasteiger partial charge in [-0.2, -0.15) is 4.98 Å². The number of fused-ring (bicyclic) bond motifs is 1. The third-order valence-electron chi connectivity index (χ3n) is 3.97. The van der Waals surface area contributed by atoms with Crippen molar-refractivity contribution in [2.24, 2.45) is 7.05 Å². The molecular formula is C19H18N6. The van der Waals surface area contributed by atoms with Gasteiger partial charge in [0.25, 0.3) is 0 Å². The second-order valence-electron chi connectivity index (χ2n) is 5.77. The van der Waals surface area contributed by atoms with Crippen LogP contribution in [0.4, 0.5) is 17.5 Å². The van der Waals surface area contributed by atoms with Gasteiger partial charge in [0, 0.05) is 42.2 Å². The lowest BCUT2D eigenvalue weighted by Crippen LogP contribution is -2.05. The smallest absolute Gasteiger partial charge is 0.229 e. The lowest BCUT2D eigenvalue weighted by molar-refractivity contribution is 0.969. The molecule has 4 rings (SSSR count). The van der Waals surface area contributed by atoms with Crippen molar-refractivity contribution in [3.8, 4) is 0 Å². The molecule has 0 aliphatic heterocycles. The van der Waals surface area contributed by atoms with E-state index in [4.69, 9.17) is 0 Å². The van der Waals surface area contributed by atoms with E-state index in [0.717, 1.165) is 17.2 Å². The highest BCUT2D eigenvalue weighted by Crippen LogP contribution is 2.21. The molecule has 0 bridgehead atoms. The van der Waals surface area contributed by atoms with E-state index < -0.39 is 0 Å². The van der Waals surface area contributed by atoms with Crippen molar-refractivity contribution >= 4 is 28.4 Å². The van der Waals surface area contributed by atoms with Crippen molar-refractivity contribution in [3.63, 3.8) is 0 Å². The van der Waals surface area contributed by atoms with Gasteiger partial charge < -0.3 is 15.2 Å². The van der Waals surface area contributed by atoms with Crippen LogP contribution in [0.15, 0.2) is 67.1 Å². The summed E-state index contributed by atoms with van der Waals surface area (Å²) in [6.07, 6.45) is 5.56. The van der Waals surface area contributed by atoms with Gasteiger partial charge in [-0.05, 0) is 42.5 Å². The first-order valence-electron chi connectivity index (χ1n) is 8.07. The fourth-order valence-corrected chi connectivity index (χ4v) is 2.69. The van der Waals surface area contributed by atoms with Gasteiger partial charge in [0.15, 0.2) is 0 Å². The van der Waals surface area contributed by atoms with E-state index in [0.29, 0.717) is 12.5 Å². The molecule has 0 saturated carbocycles. The van der Waals surface area contributed by atoms with Crippen LogP contribution < -0.4 is 10.6 Å². The molecule has 25 heavy (non-hydrogen) atoms. The minimum Gasteiger partial charge on any atom is -0.364 e. The molecule has 124 valence electrons. The molecule has 0 saturated heterocycles. The van der Waals surface area contributed by atoms with E-state index in [1.54, 1.807) is 12.4 Å². The maximum atomic E-state index is 4.50. The highest BCUT2D eigenvalue weighted by molar-refractivity contribution is 5.84. The topological polar surface area (TPSA) is 67.7 Å². The predicted octanol–water partition coefficient (Wildman–Crippen LogP) is 3.72. The monoisotopic (exact) mass is 330 g/mol. The number of nitrogens with zero attached hydrogens (tertiary/aromatic N) is 4. The summed E-state index contributed by atoms with van der Waals surface area (Å²) in [4.78, 5) is 13.1. The Hall–Kier alpha value is -3.41. The first-order valence-corrected chi connectivity index (χ1v) is 8.07. The molecule has 0 unspecified atom stereocenters. The molecule has 3 heterocycles. The van der Waals surface area contributed by atoms with Crippen LogP contribution in [-0.4, -0.2) is 19.5 Å². The summed E-state index contributed by atoms with van der Waals surface area (Å²) in [5.41, 5.74) is 3.11. The van der Waals surface area contributed by atoms with Crippen LogP contribution in [0.25, 0.3) is 10.9 Å². The molecule has 0 radical (unpaired) electrons. The Bertz CT molecular complexity index is 993. The Labute approximate surface area is 145 Å². The summed E-state index contributed by atoms with van der Waals surface area (Å²) in [6, 6.07) is 16.0. The summed E-state index contributed by atoms with van der Waals surface area (Å²) in [7, 11) is 2.04. The van der Waals surface area contributed by atoms with Gasteiger partial charge in [-0.1, -0.05) is 6.07 Å². The predicted molar refractivity (Wildman–Crippen MR) is 99.8 cm³/mol. The maximum absolute atomic E-state index is 4.50. The number of aromatic nitrogens is 4. The average molecular weight is 330 g/mol. The summed E-state index contributed by atoms with van der Waals surface area (Å²) in [5.74, 6) is 1.31. The Kier molecular flexibility index (Phi) is 4.00. The molecule has 0 aliphatic carbocycles. The number of hydrogen-bond donors (Lipinski definition) is 2. The van der Waals surface area contributed by atoms with E-state index in [2.05, 4.69) is 48.4 Å². The fraction of sp³-hybridized carbons (Fsp3) is 0.105. The third-order valence-corrected chi connectivity index (χ3v) is 3.97. The van der Waals surface area contributed by atoms with Gasteiger partial charge in [0.1, 0.15) is 5.82 Å². The molecular weight excluding hydrogens is 312 g/mol. The molecule has 0 atom stereocenters. The maximum Gasteiger partial charge on any atom is 0.229 e. The van der Waals surface area contributed by atoms with E-state index in [-0.39, 0.29) is 0 Å². The number of nitrogens with one attached hydrogen (secondary N) is 2. The third kappa shape index (κ3) is 3.42. The van der Waals surface area contributed by atoms with Crippen molar-refractivity contribution in [2.45, 2.75) is 6.54 Å². The molecule has 6 nitrogen and oxygen atoms in total. The van der Waals surface area contributed by atoms with Gasteiger partial charge in [-0.3, -0.25) is 4.98 Å². The molecule has 1 aromatic carbocycles. The van der Waals surface area contributed by atoms with Crippen LogP contribution in [0.5, 0.6) is 0 Å². The van der Waals surface area contributed by atoms with Crippen LogP contribution in [-0.2, 0) is 13.6 Å². The molecule has 0 amide bonds. The SMILES string of the molecule is Cn1ccc2cc(Nc3nccc(NCc4ccccn4)n3)ccc21. The summed E-state index contributed by atoms with van der Waals surface area (Å²) < 4.78 is 2.10. The zero-order valence-corrected chi connectivity index (χ0v) is 13.8. The van der Waals surface area contributed by atoms with Crippen molar-refractivity contribution in [1.82, 2.24) is 19.5 Å². The van der Waals surface area contributed by atoms with Gasteiger partial charge in [0.2, 0.25) is 5.95 Å². The largest absolute Gasteiger partial charge is 0.364 e. The zero-order chi connectivity index (χ0) is 17.1. The fourth-order valence-electron chi connectivity index (χ4n) is 2.69. The van der Waals surface area contributed by atoms with Gasteiger partial charge in [0.05, 0.1) is 12.2 Å². The van der Waals surface area contributed by atoms with Crippen molar-refractivity contribution < 1.29 is 0 Å². The Morgan fingerprint density at radius 3 is 2.84 bits per heavy atom. The molecule has 0 fully saturated rings. The van der Waals surface area contributed by atoms with E-state index in [9.17, 15) is 0 Å². The lowest BCUT2D eigenvalue weighted by atomic mass is 10.2. The quantitative estimate of drug-likeness (QED) is 0.584. The Morgan fingerprint density at radius 2 is 1.96 bits per heavy atom. The van der Waals surface area contributed by atoms with Crippen molar-refractivity contribution in [2.75, 3.05) is 10.6 Å². The van der Waals surface area contributed by atoms with Gasteiger partial charge in [-0.25, -0.2) is 4.98 Å². The van der Waals surface area contributed by atoms with Gasteiger partial charge >= 0.3 is 0 Å². The second kappa shape index (κ2) is 6.60. The Morgan fingerprint density at radius 1 is 1.00 bits per heavy atom. The summed E-state index contributed by atoms with van der Waals surface area (Å²) >= 11 is 0. The van der Waals surface area contributed by atoms with E-state index in [1.807, 2.05) is 43.6 Å². The minimum absolute atomic E-state index is 0.557. The molecule has 4 aromatic rings. The standard InChI is InChI=1S/C19H18N6/c1-25-11-8-14-12-15(5-6-17(14)25)23-19-21-10-7-18(24-19)22-13-16-4-2-3-9-20-16/h2-12H,13H2,1H3,(H2,21,22,23,24). The van der Waals surface area contributed by atoms with Crippen molar-refractivity contribution in [3.05, 3.63) is 72.8 Å². The van der Waals surface area contributed by atoms with Crippen molar-refractivity contribution in [1.29, 1.82) is 0 Å². The number of aryl methyl sites for hydroxylation is 1. The first kappa shape index (κ1) is 15.1. The first-order chi connectivity index (χ1) is 12.3. The highest BCUT2D eigenvalue weighted by atomic mass is 15.1. The number of pyridine rings is 1. The van der Waals surface area contributed by atoms with Crippen LogP contribution in [0.2, 0.25) is 0 Å². The Balaban J connectivity index is 1.48. The number of hydrogen-bond acceptors (Lipinski definition) is 5. The molecule has 0 aliphatic rings. The van der Waals surface area contributed by atoms with E-state index >= 15 is 0 Å². The van der Waals surface area contributed by atoms with Crippen LogP contribution in [0, 0.1) is 0 Å². The average Bonchev–Trinajstić information content (AvgIpc) is 3.02. The molecule has 2 N–H and O–H groups in total. The van der Waals surface area contributed by atoms with Crippen LogP contribution in [0.3, 0.4) is 0 Å². The molecule has 0 spiro atoms. The summed E-state index contributed by atoms with van der Waals surface area (Å²) in [6.45, 7) is 0.618. The number of rotatable bonds is 5. The minimum atomic E-state index is 0.557. The zero-order valence-electron chi connectivity index (χ0n) is 13.8. The van der Waals surface area contributed by atoms with E-state index in [1.165, 1.54) is 10.9 Å².